The summed E-state index contributed by atoms with van der Waals surface area (Å²) in [5, 5.41) is 6.68. The van der Waals surface area contributed by atoms with E-state index in [1.807, 2.05) is 0 Å². The third-order valence-electron chi connectivity index (χ3n) is 4.91. The van der Waals surface area contributed by atoms with E-state index in [-0.39, 0.29) is 17.4 Å². The molecule has 1 heterocycles. The van der Waals surface area contributed by atoms with Crippen molar-refractivity contribution in [1.29, 1.82) is 0 Å². The van der Waals surface area contributed by atoms with Crippen LogP contribution >= 0.6 is 0 Å². The van der Waals surface area contributed by atoms with Gasteiger partial charge in [0.25, 0.3) is 0 Å². The Morgan fingerprint density at radius 3 is 2.52 bits per heavy atom. The van der Waals surface area contributed by atoms with Crippen molar-refractivity contribution in [3.8, 4) is 0 Å². The lowest BCUT2D eigenvalue weighted by Crippen LogP contribution is -2.37. The second-order valence-corrected chi connectivity index (χ2v) is 7.96. The number of benzene rings is 1. The topological polar surface area (TPSA) is 41.1 Å². The summed E-state index contributed by atoms with van der Waals surface area (Å²) >= 11 is 0. The van der Waals surface area contributed by atoms with Crippen LogP contribution < -0.4 is 10.6 Å². The lowest BCUT2D eigenvalue weighted by atomic mass is 9.80. The molecule has 0 aromatic heterocycles. The van der Waals surface area contributed by atoms with E-state index in [2.05, 4.69) is 62.6 Å². The Balaban J connectivity index is 1.98. The van der Waals surface area contributed by atoms with Crippen molar-refractivity contribution >= 4 is 5.91 Å². The minimum atomic E-state index is -0.00344. The minimum absolute atomic E-state index is 0.00344. The Hall–Kier alpha value is -1.35. The molecule has 128 valence electrons. The highest BCUT2D eigenvalue weighted by molar-refractivity contribution is 5.76. The predicted molar refractivity (Wildman–Crippen MR) is 96.3 cm³/mol. The normalized spacial score (nSPS) is 17.7. The van der Waals surface area contributed by atoms with Gasteiger partial charge in [-0.3, -0.25) is 4.79 Å². The van der Waals surface area contributed by atoms with E-state index < -0.39 is 0 Å². The molecule has 0 spiro atoms. The average molecular weight is 316 g/mol. The van der Waals surface area contributed by atoms with Gasteiger partial charge in [-0.2, -0.15) is 0 Å². The molecule has 2 N–H and O–H groups in total. The summed E-state index contributed by atoms with van der Waals surface area (Å²) in [7, 11) is 0. The molecular weight excluding hydrogens is 284 g/mol. The summed E-state index contributed by atoms with van der Waals surface area (Å²) in [5.41, 5.74) is 2.47. The van der Waals surface area contributed by atoms with Gasteiger partial charge in [-0.15, -0.1) is 0 Å². The molecule has 3 heteroatoms. The molecule has 0 bridgehead atoms. The standard InChI is InChI=1S/C20H32N2O/c1-15-7-5-6-8-17(15)19(20(2,3)4)22-18(23)10-9-16-11-13-21-14-12-16/h5-8,16,19,21H,9-14H2,1-4H3,(H,22,23). The monoisotopic (exact) mass is 316 g/mol. The van der Waals surface area contributed by atoms with Crippen LogP contribution in [0.1, 0.15) is 63.6 Å². The Labute approximate surface area is 141 Å². The number of carbonyl (C=O) groups is 1. The number of carbonyl (C=O) groups excluding carboxylic acids is 1. The van der Waals surface area contributed by atoms with E-state index in [1.54, 1.807) is 0 Å². The average Bonchev–Trinajstić information content (AvgIpc) is 2.51. The summed E-state index contributed by atoms with van der Waals surface area (Å²) in [6.07, 6.45) is 4.06. The Bertz CT molecular complexity index is 513. The smallest absolute Gasteiger partial charge is 0.220 e. The number of amides is 1. The van der Waals surface area contributed by atoms with Crippen LogP contribution in [0.3, 0.4) is 0 Å². The first-order valence-electron chi connectivity index (χ1n) is 8.93. The van der Waals surface area contributed by atoms with Gasteiger partial charge in [0.2, 0.25) is 5.91 Å². The zero-order valence-corrected chi connectivity index (χ0v) is 15.1. The molecular formula is C20H32N2O. The molecule has 1 aliphatic heterocycles. The molecule has 1 aromatic rings. The summed E-state index contributed by atoms with van der Waals surface area (Å²) in [5.74, 6) is 0.889. The van der Waals surface area contributed by atoms with E-state index in [0.717, 1.165) is 19.5 Å². The Morgan fingerprint density at radius 1 is 1.26 bits per heavy atom. The SMILES string of the molecule is Cc1ccccc1C(NC(=O)CCC1CCNCC1)C(C)(C)C. The molecule has 1 aromatic carbocycles. The van der Waals surface area contributed by atoms with E-state index in [0.29, 0.717) is 12.3 Å². The second-order valence-electron chi connectivity index (χ2n) is 7.96. The number of piperidine rings is 1. The maximum atomic E-state index is 12.5. The molecule has 2 rings (SSSR count). The molecule has 0 aliphatic carbocycles. The van der Waals surface area contributed by atoms with Gasteiger partial charge in [0, 0.05) is 6.42 Å². The van der Waals surface area contributed by atoms with Crippen LogP contribution in [0.15, 0.2) is 24.3 Å². The number of hydrogen-bond acceptors (Lipinski definition) is 2. The van der Waals surface area contributed by atoms with Crippen molar-refractivity contribution in [2.45, 2.75) is 59.4 Å². The number of aryl methyl sites for hydroxylation is 1. The molecule has 0 saturated carbocycles. The predicted octanol–water partition coefficient (Wildman–Crippen LogP) is 3.98. The van der Waals surface area contributed by atoms with Gasteiger partial charge in [0.15, 0.2) is 0 Å². The number of nitrogens with one attached hydrogen (secondary N) is 2. The quantitative estimate of drug-likeness (QED) is 0.863. The summed E-state index contributed by atoms with van der Waals surface area (Å²) < 4.78 is 0. The van der Waals surface area contributed by atoms with Gasteiger partial charge in [-0.1, -0.05) is 45.0 Å². The molecule has 1 unspecified atom stereocenters. The molecule has 3 nitrogen and oxygen atoms in total. The fourth-order valence-electron chi connectivity index (χ4n) is 3.41. The number of rotatable bonds is 5. The molecule has 1 aliphatic rings. The van der Waals surface area contributed by atoms with Gasteiger partial charge < -0.3 is 10.6 Å². The van der Waals surface area contributed by atoms with Gasteiger partial charge in [-0.05, 0) is 61.7 Å². The largest absolute Gasteiger partial charge is 0.349 e. The van der Waals surface area contributed by atoms with E-state index in [9.17, 15) is 4.79 Å². The highest BCUT2D eigenvalue weighted by atomic mass is 16.1. The summed E-state index contributed by atoms with van der Waals surface area (Å²) in [6, 6.07) is 8.43. The van der Waals surface area contributed by atoms with Gasteiger partial charge >= 0.3 is 0 Å². The van der Waals surface area contributed by atoms with E-state index in [1.165, 1.54) is 24.0 Å². The fraction of sp³-hybridized carbons (Fsp3) is 0.650. The van der Waals surface area contributed by atoms with Crippen LogP contribution in [0.2, 0.25) is 0 Å². The number of hydrogen-bond donors (Lipinski definition) is 2. The zero-order chi connectivity index (χ0) is 16.9. The Kier molecular flexibility index (Phi) is 6.23. The molecule has 23 heavy (non-hydrogen) atoms. The molecule has 1 fully saturated rings. The molecule has 1 atom stereocenters. The molecule has 1 amide bonds. The highest BCUT2D eigenvalue weighted by Crippen LogP contribution is 2.34. The molecule has 0 radical (unpaired) electrons. The first-order chi connectivity index (χ1) is 10.9. The zero-order valence-electron chi connectivity index (χ0n) is 15.1. The van der Waals surface area contributed by atoms with E-state index in [4.69, 9.17) is 0 Å². The van der Waals surface area contributed by atoms with Crippen molar-refractivity contribution in [2.24, 2.45) is 11.3 Å². The summed E-state index contributed by atoms with van der Waals surface area (Å²) in [4.78, 5) is 12.5. The van der Waals surface area contributed by atoms with Crippen LogP contribution in [-0.2, 0) is 4.79 Å². The lowest BCUT2D eigenvalue weighted by molar-refractivity contribution is -0.123. The van der Waals surface area contributed by atoms with Gasteiger partial charge in [0.05, 0.1) is 6.04 Å². The maximum absolute atomic E-state index is 12.5. The third kappa shape index (κ3) is 5.35. The van der Waals surface area contributed by atoms with Crippen LogP contribution in [0.5, 0.6) is 0 Å². The fourth-order valence-corrected chi connectivity index (χ4v) is 3.41. The Morgan fingerprint density at radius 2 is 1.91 bits per heavy atom. The van der Waals surface area contributed by atoms with Gasteiger partial charge in [0.1, 0.15) is 0 Å². The van der Waals surface area contributed by atoms with Gasteiger partial charge in [-0.25, -0.2) is 0 Å². The third-order valence-corrected chi connectivity index (χ3v) is 4.91. The first kappa shape index (κ1) is 18.0. The van der Waals surface area contributed by atoms with Crippen LogP contribution in [-0.4, -0.2) is 19.0 Å². The van der Waals surface area contributed by atoms with E-state index >= 15 is 0 Å². The lowest BCUT2D eigenvalue weighted by Gasteiger charge is -2.33. The van der Waals surface area contributed by atoms with Crippen molar-refractivity contribution in [1.82, 2.24) is 10.6 Å². The molecule has 1 saturated heterocycles. The van der Waals surface area contributed by atoms with Crippen molar-refractivity contribution < 1.29 is 4.79 Å². The van der Waals surface area contributed by atoms with Crippen molar-refractivity contribution in [3.63, 3.8) is 0 Å². The highest BCUT2D eigenvalue weighted by Gasteiger charge is 2.29. The second kappa shape index (κ2) is 7.96. The van der Waals surface area contributed by atoms with Crippen LogP contribution in [0, 0.1) is 18.3 Å². The van der Waals surface area contributed by atoms with Crippen molar-refractivity contribution in [2.75, 3.05) is 13.1 Å². The first-order valence-corrected chi connectivity index (χ1v) is 8.93. The van der Waals surface area contributed by atoms with Crippen LogP contribution in [0.4, 0.5) is 0 Å². The summed E-state index contributed by atoms with van der Waals surface area (Å²) in [6.45, 7) is 10.9. The minimum Gasteiger partial charge on any atom is -0.349 e. The van der Waals surface area contributed by atoms with Crippen LogP contribution in [0.25, 0.3) is 0 Å². The maximum Gasteiger partial charge on any atom is 0.220 e. The van der Waals surface area contributed by atoms with Crippen molar-refractivity contribution in [3.05, 3.63) is 35.4 Å².